The fourth-order valence-electron chi connectivity index (χ4n) is 0.842. The Morgan fingerprint density at radius 2 is 2.17 bits per heavy atom. The van der Waals surface area contributed by atoms with Crippen molar-refractivity contribution in [2.45, 2.75) is 32.6 Å². The van der Waals surface area contributed by atoms with Gasteiger partial charge < -0.3 is 4.74 Å². The summed E-state index contributed by atoms with van der Waals surface area (Å²) in [6.07, 6.45) is 3.66. The van der Waals surface area contributed by atoms with Gasteiger partial charge in [0, 0.05) is 5.57 Å². The molecule has 0 bridgehead atoms. The van der Waals surface area contributed by atoms with E-state index in [0.717, 1.165) is 19.3 Å². The maximum atomic E-state index is 11.5. The van der Waals surface area contributed by atoms with Crippen LogP contribution >= 0.6 is 0 Å². The van der Waals surface area contributed by atoms with Crippen LogP contribution in [0.5, 0.6) is 0 Å². The molecule has 0 saturated heterocycles. The molecule has 0 heterocycles. The van der Waals surface area contributed by atoms with Crippen LogP contribution in [0.4, 0.5) is 4.39 Å². The lowest BCUT2D eigenvalue weighted by molar-refractivity contribution is -0.143. The van der Waals surface area contributed by atoms with Crippen molar-refractivity contribution < 1.29 is 13.9 Å². The number of hydrogen-bond donors (Lipinski definition) is 0. The zero-order chi connectivity index (χ0) is 9.40. The maximum absolute atomic E-state index is 11.5. The van der Waals surface area contributed by atoms with Crippen LogP contribution in [0.25, 0.3) is 0 Å². The summed E-state index contributed by atoms with van der Waals surface area (Å²) in [4.78, 5) is 10.8. The third-order valence-electron chi connectivity index (χ3n) is 1.56. The minimum absolute atomic E-state index is 0.362. The summed E-state index contributed by atoms with van der Waals surface area (Å²) in [6.45, 7) is 4.51. The topological polar surface area (TPSA) is 26.3 Å². The van der Waals surface area contributed by atoms with Gasteiger partial charge in [-0.05, 0) is 12.8 Å². The smallest absolute Gasteiger partial charge is 0.335 e. The molecule has 0 aromatic rings. The van der Waals surface area contributed by atoms with Gasteiger partial charge in [-0.2, -0.15) is 0 Å². The van der Waals surface area contributed by atoms with E-state index in [0.29, 0.717) is 12.0 Å². The lowest BCUT2D eigenvalue weighted by Crippen LogP contribution is -2.05. The van der Waals surface area contributed by atoms with Crippen LogP contribution in [-0.2, 0) is 9.53 Å². The summed E-state index contributed by atoms with van der Waals surface area (Å²) < 4.78 is 15.6. The van der Waals surface area contributed by atoms with Gasteiger partial charge >= 0.3 is 5.97 Å². The van der Waals surface area contributed by atoms with Crippen LogP contribution in [0.2, 0.25) is 0 Å². The van der Waals surface area contributed by atoms with Gasteiger partial charge in [0.15, 0.2) is 0 Å². The molecule has 0 unspecified atom stereocenters. The standard InChI is InChI=1S/C9H15FO2/c1-3-4-5-6-8(2)9(11)12-7-10/h2-7H2,1H3. The first-order valence-corrected chi connectivity index (χ1v) is 4.13. The highest BCUT2D eigenvalue weighted by Crippen LogP contribution is 2.08. The fourth-order valence-corrected chi connectivity index (χ4v) is 0.842. The molecule has 70 valence electrons. The summed E-state index contributed by atoms with van der Waals surface area (Å²) in [6, 6.07) is 0. The van der Waals surface area contributed by atoms with Gasteiger partial charge in [-0.3, -0.25) is 0 Å². The molecular weight excluding hydrogens is 159 g/mol. The summed E-state index contributed by atoms with van der Waals surface area (Å²) in [5.74, 6) is -0.617. The Morgan fingerprint density at radius 1 is 1.50 bits per heavy atom. The van der Waals surface area contributed by atoms with Gasteiger partial charge in [0.25, 0.3) is 0 Å². The van der Waals surface area contributed by atoms with Crippen molar-refractivity contribution in [3.05, 3.63) is 12.2 Å². The van der Waals surface area contributed by atoms with Gasteiger partial charge in [0.05, 0.1) is 0 Å². The third kappa shape index (κ3) is 4.88. The minimum atomic E-state index is -1.06. The molecule has 3 heteroatoms. The van der Waals surface area contributed by atoms with Crippen LogP contribution in [0.3, 0.4) is 0 Å². The summed E-state index contributed by atoms with van der Waals surface area (Å²) in [5.41, 5.74) is 0.362. The first-order chi connectivity index (χ1) is 5.72. The zero-order valence-electron chi connectivity index (χ0n) is 7.44. The zero-order valence-corrected chi connectivity index (χ0v) is 7.44. The van der Waals surface area contributed by atoms with E-state index in [4.69, 9.17) is 0 Å². The second kappa shape index (κ2) is 6.83. The highest BCUT2D eigenvalue weighted by atomic mass is 19.1. The molecule has 12 heavy (non-hydrogen) atoms. The van der Waals surface area contributed by atoms with E-state index >= 15 is 0 Å². The SMILES string of the molecule is C=C(CCCCC)C(=O)OCF. The third-order valence-corrected chi connectivity index (χ3v) is 1.56. The van der Waals surface area contributed by atoms with Gasteiger partial charge in [-0.25, -0.2) is 9.18 Å². The van der Waals surface area contributed by atoms with Crippen molar-refractivity contribution >= 4 is 5.97 Å². The molecule has 2 nitrogen and oxygen atoms in total. The van der Waals surface area contributed by atoms with Crippen molar-refractivity contribution in [2.24, 2.45) is 0 Å². The number of rotatable bonds is 6. The molecule has 0 aliphatic heterocycles. The molecule has 0 aromatic carbocycles. The predicted molar refractivity (Wildman–Crippen MR) is 45.3 cm³/mol. The second-order valence-corrected chi connectivity index (χ2v) is 2.60. The molecule has 0 amide bonds. The average molecular weight is 174 g/mol. The number of ether oxygens (including phenoxy) is 1. The number of hydrogen-bond acceptors (Lipinski definition) is 2. The summed E-state index contributed by atoms with van der Waals surface area (Å²) in [5, 5.41) is 0. The molecule has 0 rings (SSSR count). The van der Waals surface area contributed by atoms with Crippen molar-refractivity contribution in [3.8, 4) is 0 Å². The van der Waals surface area contributed by atoms with Gasteiger partial charge in [0.1, 0.15) is 0 Å². The quantitative estimate of drug-likeness (QED) is 0.351. The van der Waals surface area contributed by atoms with E-state index in [1.165, 1.54) is 0 Å². The monoisotopic (exact) mass is 174 g/mol. The second-order valence-electron chi connectivity index (χ2n) is 2.60. The average Bonchev–Trinajstić information content (AvgIpc) is 2.05. The van der Waals surface area contributed by atoms with E-state index in [2.05, 4.69) is 18.2 Å². The molecule has 0 spiro atoms. The number of carbonyl (C=O) groups is 1. The summed E-state index contributed by atoms with van der Waals surface area (Å²) in [7, 11) is 0. The molecule has 0 aromatic heterocycles. The molecular formula is C9H15FO2. The van der Waals surface area contributed by atoms with E-state index in [1.54, 1.807) is 0 Å². The van der Waals surface area contributed by atoms with Crippen LogP contribution < -0.4 is 0 Å². The highest BCUT2D eigenvalue weighted by molar-refractivity contribution is 5.87. The van der Waals surface area contributed by atoms with E-state index < -0.39 is 12.8 Å². The van der Waals surface area contributed by atoms with Crippen LogP contribution in [-0.4, -0.2) is 12.8 Å². The first-order valence-electron chi connectivity index (χ1n) is 4.13. The first kappa shape index (κ1) is 11.1. The Kier molecular flexibility index (Phi) is 6.34. The molecule has 0 saturated carbocycles. The van der Waals surface area contributed by atoms with Crippen molar-refractivity contribution in [1.29, 1.82) is 0 Å². The van der Waals surface area contributed by atoms with E-state index in [9.17, 15) is 9.18 Å². The summed E-state index contributed by atoms with van der Waals surface area (Å²) >= 11 is 0. The molecule has 0 aliphatic rings. The largest absolute Gasteiger partial charge is 0.430 e. The van der Waals surface area contributed by atoms with Crippen LogP contribution in [0.15, 0.2) is 12.2 Å². The molecule has 0 N–H and O–H groups in total. The van der Waals surface area contributed by atoms with E-state index in [1.807, 2.05) is 0 Å². The Bertz CT molecular complexity index is 155. The normalized spacial score (nSPS) is 9.50. The Hall–Kier alpha value is -0.860. The van der Waals surface area contributed by atoms with Crippen molar-refractivity contribution in [1.82, 2.24) is 0 Å². The fraction of sp³-hybridized carbons (Fsp3) is 0.667. The number of alkyl halides is 1. The minimum Gasteiger partial charge on any atom is -0.430 e. The highest BCUT2D eigenvalue weighted by Gasteiger charge is 2.06. The molecule has 0 radical (unpaired) electrons. The van der Waals surface area contributed by atoms with Crippen molar-refractivity contribution in [3.63, 3.8) is 0 Å². The molecule has 0 aliphatic carbocycles. The van der Waals surface area contributed by atoms with Crippen molar-refractivity contribution in [2.75, 3.05) is 6.86 Å². The lowest BCUT2D eigenvalue weighted by Gasteiger charge is -2.02. The van der Waals surface area contributed by atoms with Gasteiger partial charge in [0.2, 0.25) is 6.86 Å². The number of unbranched alkanes of at least 4 members (excludes halogenated alkanes) is 2. The Balaban J connectivity index is 3.50. The Labute approximate surface area is 72.4 Å². The van der Waals surface area contributed by atoms with Crippen LogP contribution in [0, 0.1) is 0 Å². The van der Waals surface area contributed by atoms with Crippen LogP contribution in [0.1, 0.15) is 32.6 Å². The predicted octanol–water partition coefficient (Wildman–Crippen LogP) is 2.59. The number of carbonyl (C=O) groups excluding carboxylic acids is 1. The maximum Gasteiger partial charge on any atom is 0.335 e. The van der Waals surface area contributed by atoms with Gasteiger partial charge in [-0.1, -0.05) is 26.3 Å². The Morgan fingerprint density at radius 3 is 2.67 bits per heavy atom. The lowest BCUT2D eigenvalue weighted by atomic mass is 10.1. The van der Waals surface area contributed by atoms with E-state index in [-0.39, 0.29) is 0 Å². The molecule has 0 atom stereocenters. The number of esters is 1. The van der Waals surface area contributed by atoms with Gasteiger partial charge in [-0.15, -0.1) is 0 Å². The number of halogens is 1. The molecule has 0 fully saturated rings.